The summed E-state index contributed by atoms with van der Waals surface area (Å²) in [5.74, 6) is -0.669. The van der Waals surface area contributed by atoms with Crippen LogP contribution >= 0.6 is 31.9 Å². The molecule has 0 atom stereocenters. The Hall–Kier alpha value is -0.500. The van der Waals surface area contributed by atoms with Gasteiger partial charge in [0.25, 0.3) is 0 Å². The maximum Gasteiger partial charge on any atom is 0.574 e. The quantitative estimate of drug-likeness (QED) is 0.801. The predicted molar refractivity (Wildman–Crippen MR) is 49.1 cm³/mol. The van der Waals surface area contributed by atoms with Gasteiger partial charge < -0.3 is 9.72 Å². The van der Waals surface area contributed by atoms with E-state index in [0.29, 0.717) is 6.07 Å². The lowest BCUT2D eigenvalue weighted by Gasteiger charge is -2.08. The summed E-state index contributed by atoms with van der Waals surface area (Å²) >= 11 is 5.72. The van der Waals surface area contributed by atoms with Gasteiger partial charge in [0.1, 0.15) is 4.60 Å². The number of hydrogen-bond donors (Lipinski definition) is 1. The van der Waals surface area contributed by atoms with Crippen molar-refractivity contribution in [1.29, 1.82) is 0 Å². The number of hydrogen-bond acceptors (Lipinski definition) is 2. The lowest BCUT2D eigenvalue weighted by atomic mass is 10.5. The molecule has 0 fully saturated rings. The van der Waals surface area contributed by atoms with E-state index < -0.39 is 17.7 Å². The highest BCUT2D eigenvalue weighted by Crippen LogP contribution is 2.23. The molecule has 0 saturated heterocycles. The fraction of sp³-hybridized carbons (Fsp3) is 0.167. The van der Waals surface area contributed by atoms with Crippen LogP contribution in [-0.2, 0) is 0 Å². The molecule has 0 saturated carbocycles. The minimum absolute atomic E-state index is 0.0873. The van der Waals surface area contributed by atoms with Gasteiger partial charge in [-0.1, -0.05) is 0 Å². The number of aromatic nitrogens is 1. The smallest absolute Gasteiger partial charge is 0.390 e. The Balaban J connectivity index is 3.08. The van der Waals surface area contributed by atoms with Gasteiger partial charge in [0, 0.05) is 6.07 Å². The molecule has 78 valence electrons. The fourth-order valence-electron chi connectivity index (χ4n) is 0.669. The predicted octanol–water partition coefficient (Wildman–Crippen LogP) is 2.80. The van der Waals surface area contributed by atoms with Crippen LogP contribution in [0.5, 0.6) is 5.88 Å². The van der Waals surface area contributed by atoms with Gasteiger partial charge in [-0.3, -0.25) is 4.79 Å². The van der Waals surface area contributed by atoms with Gasteiger partial charge in [0.2, 0.25) is 11.3 Å². The lowest BCUT2D eigenvalue weighted by molar-refractivity contribution is -0.276. The molecular weight excluding hydrogens is 335 g/mol. The second kappa shape index (κ2) is 3.93. The third kappa shape index (κ3) is 3.02. The van der Waals surface area contributed by atoms with Crippen molar-refractivity contribution < 1.29 is 17.9 Å². The molecule has 0 aromatic carbocycles. The van der Waals surface area contributed by atoms with Crippen molar-refractivity contribution in [3.8, 4) is 5.88 Å². The molecule has 0 aliphatic carbocycles. The van der Waals surface area contributed by atoms with Crippen LogP contribution in [0.25, 0.3) is 0 Å². The van der Waals surface area contributed by atoms with Crippen molar-refractivity contribution in [2.45, 2.75) is 6.36 Å². The minimum Gasteiger partial charge on any atom is -0.390 e. The Labute approximate surface area is 92.5 Å². The van der Waals surface area contributed by atoms with Gasteiger partial charge in [-0.2, -0.15) is 0 Å². The standard InChI is InChI=1S/C6H2Br2F3NO2/c7-4-2(13)1-3(12-5(4)8)14-6(9,10)11/h1H,(H,12,13). The van der Waals surface area contributed by atoms with E-state index in [9.17, 15) is 18.0 Å². The molecule has 1 rings (SSSR count). The van der Waals surface area contributed by atoms with Gasteiger partial charge >= 0.3 is 6.36 Å². The molecule has 0 aliphatic heterocycles. The molecule has 1 heterocycles. The van der Waals surface area contributed by atoms with Crippen LogP contribution in [0.2, 0.25) is 0 Å². The van der Waals surface area contributed by atoms with E-state index in [0.717, 1.165) is 0 Å². The van der Waals surface area contributed by atoms with Crippen LogP contribution in [-0.4, -0.2) is 11.3 Å². The van der Waals surface area contributed by atoms with Crippen molar-refractivity contribution in [3.63, 3.8) is 0 Å². The average Bonchev–Trinajstić information content (AvgIpc) is 1.96. The van der Waals surface area contributed by atoms with E-state index in [-0.39, 0.29) is 9.08 Å². The van der Waals surface area contributed by atoms with E-state index >= 15 is 0 Å². The average molecular weight is 337 g/mol. The van der Waals surface area contributed by atoms with E-state index in [4.69, 9.17) is 0 Å². The van der Waals surface area contributed by atoms with Crippen molar-refractivity contribution in [2.24, 2.45) is 0 Å². The summed E-state index contributed by atoms with van der Waals surface area (Å²) in [6.07, 6.45) is -4.82. The molecule has 0 radical (unpaired) electrons. The first-order valence-corrected chi connectivity index (χ1v) is 4.72. The Kier molecular flexibility index (Phi) is 3.25. The summed E-state index contributed by atoms with van der Waals surface area (Å²) in [6.45, 7) is 0. The van der Waals surface area contributed by atoms with E-state index in [1.807, 2.05) is 0 Å². The number of ether oxygens (including phenoxy) is 1. The minimum atomic E-state index is -4.82. The number of rotatable bonds is 1. The van der Waals surface area contributed by atoms with Crippen LogP contribution < -0.4 is 10.2 Å². The van der Waals surface area contributed by atoms with Crippen LogP contribution in [0.4, 0.5) is 13.2 Å². The zero-order chi connectivity index (χ0) is 10.9. The summed E-state index contributed by atoms with van der Waals surface area (Å²) < 4.78 is 38.9. The van der Waals surface area contributed by atoms with E-state index in [2.05, 4.69) is 41.6 Å². The molecule has 1 N–H and O–H groups in total. The van der Waals surface area contributed by atoms with Gasteiger partial charge in [0.15, 0.2) is 0 Å². The number of aromatic amines is 1. The Morgan fingerprint density at radius 3 is 2.36 bits per heavy atom. The lowest BCUT2D eigenvalue weighted by Crippen LogP contribution is -2.19. The Morgan fingerprint density at radius 2 is 1.93 bits per heavy atom. The normalized spacial score (nSPS) is 11.5. The highest BCUT2D eigenvalue weighted by Gasteiger charge is 2.31. The summed E-state index contributed by atoms with van der Waals surface area (Å²) in [4.78, 5) is 13.2. The highest BCUT2D eigenvalue weighted by atomic mass is 79.9. The molecule has 0 spiro atoms. The summed E-state index contributed by atoms with van der Waals surface area (Å²) in [7, 11) is 0. The number of alkyl halides is 3. The third-order valence-electron chi connectivity index (χ3n) is 1.13. The van der Waals surface area contributed by atoms with Gasteiger partial charge in [-0.15, -0.1) is 13.2 Å². The molecule has 0 unspecified atom stereocenters. The largest absolute Gasteiger partial charge is 0.574 e. The number of H-pyrrole nitrogens is 1. The number of nitrogens with one attached hydrogen (secondary N) is 1. The molecule has 14 heavy (non-hydrogen) atoms. The van der Waals surface area contributed by atoms with Crippen LogP contribution in [0.1, 0.15) is 0 Å². The van der Waals surface area contributed by atoms with Crippen molar-refractivity contribution >= 4 is 31.9 Å². The molecule has 3 nitrogen and oxygen atoms in total. The van der Waals surface area contributed by atoms with Gasteiger partial charge in [-0.25, -0.2) is 0 Å². The zero-order valence-corrected chi connectivity index (χ0v) is 9.46. The van der Waals surface area contributed by atoms with Crippen molar-refractivity contribution in [2.75, 3.05) is 0 Å². The van der Waals surface area contributed by atoms with Crippen LogP contribution in [0.15, 0.2) is 19.9 Å². The van der Waals surface area contributed by atoms with E-state index in [1.54, 1.807) is 0 Å². The first-order chi connectivity index (χ1) is 6.29. The van der Waals surface area contributed by atoms with Gasteiger partial charge in [-0.05, 0) is 31.9 Å². The Bertz CT molecular complexity index is 401. The fourth-order valence-corrected chi connectivity index (χ4v) is 1.27. The third-order valence-corrected chi connectivity index (χ3v) is 3.04. The van der Waals surface area contributed by atoms with Crippen molar-refractivity contribution in [1.82, 2.24) is 4.98 Å². The first kappa shape index (κ1) is 11.6. The maximum absolute atomic E-state index is 11.7. The maximum atomic E-state index is 11.7. The highest BCUT2D eigenvalue weighted by molar-refractivity contribution is 9.13. The molecule has 1 aromatic heterocycles. The van der Waals surface area contributed by atoms with Crippen LogP contribution in [0.3, 0.4) is 0 Å². The molecular formula is C6H2Br2F3NO2. The van der Waals surface area contributed by atoms with Crippen LogP contribution in [0, 0.1) is 0 Å². The second-order valence-corrected chi connectivity index (χ2v) is 3.76. The summed E-state index contributed by atoms with van der Waals surface area (Å²) in [5.41, 5.74) is -0.616. The molecule has 0 aliphatic rings. The second-order valence-electron chi connectivity index (χ2n) is 2.17. The number of halogens is 5. The molecule has 1 aromatic rings. The topological polar surface area (TPSA) is 42.1 Å². The Morgan fingerprint density at radius 1 is 1.36 bits per heavy atom. The van der Waals surface area contributed by atoms with Crippen molar-refractivity contribution in [3.05, 3.63) is 25.4 Å². The van der Waals surface area contributed by atoms with Gasteiger partial charge in [0.05, 0.1) is 4.47 Å². The molecule has 0 amide bonds. The monoisotopic (exact) mass is 335 g/mol. The number of pyridine rings is 1. The first-order valence-electron chi connectivity index (χ1n) is 3.13. The zero-order valence-electron chi connectivity index (χ0n) is 6.28. The molecule has 8 heteroatoms. The summed E-state index contributed by atoms with van der Waals surface area (Å²) in [5, 5.41) is 0. The molecule has 0 bridgehead atoms. The SMILES string of the molecule is O=c1cc(OC(F)(F)F)[nH]c(Br)c1Br. The summed E-state index contributed by atoms with van der Waals surface area (Å²) in [6, 6.07) is 0.697. The van der Waals surface area contributed by atoms with E-state index in [1.165, 1.54) is 0 Å².